The minimum atomic E-state index is -0.964. The average molecular weight is 357 g/mol. The van der Waals surface area contributed by atoms with Gasteiger partial charge in [0.2, 0.25) is 11.8 Å². The molecule has 0 fully saturated rings. The van der Waals surface area contributed by atoms with Gasteiger partial charge in [-0.2, -0.15) is 4.98 Å². The van der Waals surface area contributed by atoms with Crippen molar-refractivity contribution in [1.82, 2.24) is 15.0 Å². The molecule has 1 aromatic carbocycles. The van der Waals surface area contributed by atoms with Gasteiger partial charge in [-0.05, 0) is 24.0 Å². The summed E-state index contributed by atoms with van der Waals surface area (Å²) >= 11 is 0. The molecule has 2 aromatic rings. The topological polar surface area (TPSA) is 96.5 Å². The number of rotatable bonds is 7. The maximum Gasteiger partial charge on any atom is 0.326 e. The van der Waals surface area contributed by atoms with E-state index in [0.29, 0.717) is 37.5 Å². The van der Waals surface area contributed by atoms with Crippen LogP contribution in [-0.2, 0) is 35.4 Å². The van der Waals surface area contributed by atoms with Crippen LogP contribution < -0.4 is 0 Å². The highest BCUT2D eigenvalue weighted by Crippen LogP contribution is 2.24. The Morgan fingerprint density at radius 1 is 1.27 bits per heavy atom. The Morgan fingerprint density at radius 2 is 2.04 bits per heavy atom. The molecular weight excluding hydrogens is 334 g/mol. The second kappa shape index (κ2) is 8.12. The van der Waals surface area contributed by atoms with Crippen LogP contribution in [0.3, 0.4) is 0 Å². The van der Waals surface area contributed by atoms with E-state index < -0.39 is 12.0 Å². The normalized spacial score (nSPS) is 16.3. The number of carboxylic acid groups (broad SMARTS) is 1. The molecule has 0 saturated carbocycles. The van der Waals surface area contributed by atoms with E-state index in [1.165, 1.54) is 4.90 Å². The Hall–Kier alpha value is -2.70. The summed E-state index contributed by atoms with van der Waals surface area (Å²) in [6, 6.07) is 6.87. The van der Waals surface area contributed by atoms with E-state index in [1.54, 1.807) is 0 Å². The number of carbonyl (C=O) groups excluding carboxylic acids is 1. The van der Waals surface area contributed by atoms with Gasteiger partial charge in [0.25, 0.3) is 0 Å². The SMILES string of the molecule is CCCc1noc(CCCC(=O)N2Cc3ccccc3CC2C(=O)O)n1. The molecule has 1 amide bonds. The van der Waals surface area contributed by atoms with Crippen LogP contribution in [0.15, 0.2) is 28.8 Å². The van der Waals surface area contributed by atoms with E-state index in [2.05, 4.69) is 10.1 Å². The third kappa shape index (κ3) is 4.09. The van der Waals surface area contributed by atoms with Gasteiger partial charge < -0.3 is 14.5 Å². The number of carboxylic acids is 1. The van der Waals surface area contributed by atoms with Crippen molar-refractivity contribution in [3.8, 4) is 0 Å². The molecule has 2 heterocycles. The van der Waals surface area contributed by atoms with E-state index in [1.807, 2.05) is 31.2 Å². The Balaban J connectivity index is 1.59. The first-order chi connectivity index (χ1) is 12.6. The first kappa shape index (κ1) is 18.1. The molecular formula is C19H23N3O4. The number of amides is 1. The molecule has 138 valence electrons. The van der Waals surface area contributed by atoms with E-state index in [0.717, 1.165) is 24.0 Å². The maximum atomic E-state index is 12.6. The van der Waals surface area contributed by atoms with Crippen LogP contribution in [0.2, 0.25) is 0 Å². The van der Waals surface area contributed by atoms with Gasteiger partial charge in [-0.3, -0.25) is 4.79 Å². The highest BCUT2D eigenvalue weighted by atomic mass is 16.5. The maximum absolute atomic E-state index is 12.6. The fraction of sp³-hybridized carbons (Fsp3) is 0.474. The van der Waals surface area contributed by atoms with Gasteiger partial charge in [0.15, 0.2) is 5.82 Å². The Kier molecular flexibility index (Phi) is 5.65. The summed E-state index contributed by atoms with van der Waals surface area (Å²) < 4.78 is 5.17. The Bertz CT molecular complexity index is 787. The summed E-state index contributed by atoms with van der Waals surface area (Å²) in [6.07, 6.45) is 3.40. The Labute approximate surface area is 152 Å². The summed E-state index contributed by atoms with van der Waals surface area (Å²) in [5, 5.41) is 13.4. The van der Waals surface area contributed by atoms with Crippen molar-refractivity contribution in [2.75, 3.05) is 0 Å². The molecule has 7 nitrogen and oxygen atoms in total. The van der Waals surface area contributed by atoms with Crippen LogP contribution in [0.25, 0.3) is 0 Å². The zero-order valence-corrected chi connectivity index (χ0v) is 14.9. The number of aliphatic carboxylic acids is 1. The lowest BCUT2D eigenvalue weighted by Crippen LogP contribution is -2.48. The summed E-state index contributed by atoms with van der Waals surface area (Å²) in [6.45, 7) is 2.39. The smallest absolute Gasteiger partial charge is 0.326 e. The second-order valence-corrected chi connectivity index (χ2v) is 6.56. The van der Waals surface area contributed by atoms with E-state index in [9.17, 15) is 14.7 Å². The van der Waals surface area contributed by atoms with E-state index >= 15 is 0 Å². The van der Waals surface area contributed by atoms with Crippen molar-refractivity contribution < 1.29 is 19.2 Å². The summed E-state index contributed by atoms with van der Waals surface area (Å²) in [5.41, 5.74) is 2.01. The van der Waals surface area contributed by atoms with Gasteiger partial charge in [-0.15, -0.1) is 0 Å². The number of nitrogens with zero attached hydrogens (tertiary/aromatic N) is 3. The molecule has 1 aliphatic heterocycles. The lowest BCUT2D eigenvalue weighted by atomic mass is 9.93. The van der Waals surface area contributed by atoms with Crippen LogP contribution >= 0.6 is 0 Å². The molecule has 3 rings (SSSR count). The number of fused-ring (bicyclic) bond motifs is 1. The predicted molar refractivity (Wildman–Crippen MR) is 93.4 cm³/mol. The quantitative estimate of drug-likeness (QED) is 0.817. The van der Waals surface area contributed by atoms with Crippen LogP contribution in [-0.4, -0.2) is 38.1 Å². The molecule has 1 aromatic heterocycles. The molecule has 7 heteroatoms. The fourth-order valence-electron chi connectivity index (χ4n) is 3.26. The molecule has 0 aliphatic carbocycles. The fourth-order valence-corrected chi connectivity index (χ4v) is 3.26. The van der Waals surface area contributed by atoms with Gasteiger partial charge in [-0.1, -0.05) is 36.3 Å². The summed E-state index contributed by atoms with van der Waals surface area (Å²) in [7, 11) is 0. The van der Waals surface area contributed by atoms with Crippen LogP contribution in [0.4, 0.5) is 0 Å². The second-order valence-electron chi connectivity index (χ2n) is 6.56. The van der Waals surface area contributed by atoms with Crippen molar-refractivity contribution in [2.24, 2.45) is 0 Å². The van der Waals surface area contributed by atoms with E-state index in [4.69, 9.17) is 4.52 Å². The van der Waals surface area contributed by atoms with Crippen LogP contribution in [0.5, 0.6) is 0 Å². The average Bonchev–Trinajstić information content (AvgIpc) is 3.08. The molecule has 26 heavy (non-hydrogen) atoms. The van der Waals surface area contributed by atoms with Gasteiger partial charge >= 0.3 is 5.97 Å². The zero-order valence-electron chi connectivity index (χ0n) is 14.9. The molecule has 1 N–H and O–H groups in total. The largest absolute Gasteiger partial charge is 0.480 e. The Morgan fingerprint density at radius 3 is 2.77 bits per heavy atom. The number of benzene rings is 1. The first-order valence-electron chi connectivity index (χ1n) is 8.99. The number of carbonyl (C=O) groups is 2. The zero-order chi connectivity index (χ0) is 18.5. The minimum Gasteiger partial charge on any atom is -0.480 e. The molecule has 1 aliphatic rings. The van der Waals surface area contributed by atoms with Gasteiger partial charge in [0.05, 0.1) is 0 Å². The number of aromatic nitrogens is 2. The van der Waals surface area contributed by atoms with Crippen molar-refractivity contribution in [3.05, 3.63) is 47.1 Å². The van der Waals surface area contributed by atoms with Gasteiger partial charge in [0.1, 0.15) is 6.04 Å². The highest BCUT2D eigenvalue weighted by Gasteiger charge is 2.34. The standard InChI is InChI=1S/C19H23N3O4/c1-2-6-16-20-17(26-21-16)9-5-10-18(23)22-12-14-8-4-3-7-13(14)11-15(22)19(24)25/h3-4,7-8,15H,2,5-6,9-12H2,1H3,(H,24,25). The minimum absolute atomic E-state index is 0.153. The van der Waals surface area contributed by atoms with Crippen molar-refractivity contribution in [3.63, 3.8) is 0 Å². The monoisotopic (exact) mass is 357 g/mol. The lowest BCUT2D eigenvalue weighted by Gasteiger charge is -2.34. The summed E-state index contributed by atoms with van der Waals surface area (Å²) in [5.74, 6) is 0.0987. The molecule has 0 radical (unpaired) electrons. The molecule has 0 spiro atoms. The van der Waals surface area contributed by atoms with Crippen molar-refractivity contribution in [2.45, 2.75) is 58.0 Å². The molecule has 0 bridgehead atoms. The predicted octanol–water partition coefficient (Wildman–Crippen LogP) is 2.38. The van der Waals surface area contributed by atoms with E-state index in [-0.39, 0.29) is 12.3 Å². The number of aryl methyl sites for hydroxylation is 2. The molecule has 0 saturated heterocycles. The van der Waals surface area contributed by atoms with Gasteiger partial charge in [-0.25, -0.2) is 4.79 Å². The third-order valence-corrected chi connectivity index (χ3v) is 4.62. The van der Waals surface area contributed by atoms with Crippen molar-refractivity contribution in [1.29, 1.82) is 0 Å². The first-order valence-corrected chi connectivity index (χ1v) is 8.99. The van der Waals surface area contributed by atoms with Crippen LogP contribution in [0, 0.1) is 0 Å². The number of hydrogen-bond acceptors (Lipinski definition) is 5. The lowest BCUT2D eigenvalue weighted by molar-refractivity contribution is -0.151. The van der Waals surface area contributed by atoms with Crippen molar-refractivity contribution >= 4 is 11.9 Å². The highest BCUT2D eigenvalue weighted by molar-refractivity contribution is 5.84. The summed E-state index contributed by atoms with van der Waals surface area (Å²) in [4.78, 5) is 30.0. The molecule has 1 atom stereocenters. The number of hydrogen-bond donors (Lipinski definition) is 1. The van der Waals surface area contributed by atoms with Gasteiger partial charge in [0, 0.05) is 32.2 Å². The van der Waals surface area contributed by atoms with Crippen LogP contribution in [0.1, 0.15) is 49.0 Å². The molecule has 1 unspecified atom stereocenters. The third-order valence-electron chi connectivity index (χ3n) is 4.62.